The molecule has 4 nitrogen and oxygen atoms in total. The molecule has 4 heteroatoms. The van der Waals surface area contributed by atoms with Crippen LogP contribution in [-0.4, -0.2) is 16.2 Å². The van der Waals surface area contributed by atoms with Crippen molar-refractivity contribution >= 4 is 5.97 Å². The van der Waals surface area contributed by atoms with E-state index in [1.54, 1.807) is 13.0 Å². The van der Waals surface area contributed by atoms with E-state index in [1.165, 1.54) is 6.07 Å². The second-order valence-corrected chi connectivity index (χ2v) is 3.95. The number of carbonyl (C=O) groups is 1. The second-order valence-electron chi connectivity index (χ2n) is 3.95. The van der Waals surface area contributed by atoms with Crippen LogP contribution in [0.3, 0.4) is 0 Å². The van der Waals surface area contributed by atoms with Crippen LogP contribution < -0.4 is 5.73 Å². The van der Waals surface area contributed by atoms with Crippen LogP contribution in [0.25, 0.3) is 0 Å². The van der Waals surface area contributed by atoms with Crippen LogP contribution in [0, 0.1) is 6.92 Å². The van der Waals surface area contributed by atoms with Gasteiger partial charge in [-0.05, 0) is 25.0 Å². The number of carboxylic acids is 1. The summed E-state index contributed by atoms with van der Waals surface area (Å²) in [6.45, 7) is 3.78. The van der Waals surface area contributed by atoms with Crippen molar-refractivity contribution in [2.45, 2.75) is 32.7 Å². The Morgan fingerprint density at radius 3 is 2.62 bits per heavy atom. The lowest BCUT2D eigenvalue weighted by Crippen LogP contribution is -2.12. The largest absolute Gasteiger partial charge is 0.507 e. The molecule has 88 valence electrons. The van der Waals surface area contributed by atoms with Crippen LogP contribution in [0.4, 0.5) is 0 Å². The highest BCUT2D eigenvalue weighted by Crippen LogP contribution is 2.30. The number of benzene rings is 1. The zero-order valence-corrected chi connectivity index (χ0v) is 9.53. The van der Waals surface area contributed by atoms with Crippen molar-refractivity contribution < 1.29 is 15.0 Å². The van der Waals surface area contributed by atoms with Gasteiger partial charge in [-0.1, -0.05) is 19.4 Å². The lowest BCUT2D eigenvalue weighted by atomic mass is 9.97. The summed E-state index contributed by atoms with van der Waals surface area (Å²) in [6.07, 6.45) is 1.60. The van der Waals surface area contributed by atoms with Crippen molar-refractivity contribution in [3.05, 3.63) is 28.8 Å². The third-order valence-corrected chi connectivity index (χ3v) is 2.51. The van der Waals surface area contributed by atoms with E-state index in [0.29, 0.717) is 5.56 Å². The molecule has 0 bridgehead atoms. The van der Waals surface area contributed by atoms with Crippen LogP contribution in [0.15, 0.2) is 12.1 Å². The molecule has 0 aliphatic rings. The fraction of sp³-hybridized carbons (Fsp3) is 0.417. The monoisotopic (exact) mass is 223 g/mol. The molecule has 1 atom stereocenters. The molecule has 0 saturated heterocycles. The molecule has 0 aliphatic heterocycles. The van der Waals surface area contributed by atoms with Crippen molar-refractivity contribution in [2.75, 3.05) is 0 Å². The molecule has 0 aliphatic carbocycles. The smallest absolute Gasteiger partial charge is 0.339 e. The van der Waals surface area contributed by atoms with Crippen LogP contribution in [0.2, 0.25) is 0 Å². The maximum atomic E-state index is 10.9. The maximum absolute atomic E-state index is 10.9. The summed E-state index contributed by atoms with van der Waals surface area (Å²) in [4.78, 5) is 10.9. The van der Waals surface area contributed by atoms with E-state index >= 15 is 0 Å². The first-order valence-electron chi connectivity index (χ1n) is 5.29. The number of phenols is 1. The molecule has 0 aromatic heterocycles. The Morgan fingerprint density at radius 1 is 1.50 bits per heavy atom. The maximum Gasteiger partial charge on any atom is 0.339 e. The van der Waals surface area contributed by atoms with E-state index in [1.807, 2.05) is 6.92 Å². The van der Waals surface area contributed by atoms with Gasteiger partial charge in [-0.15, -0.1) is 0 Å². The Morgan fingerprint density at radius 2 is 2.12 bits per heavy atom. The van der Waals surface area contributed by atoms with Gasteiger partial charge in [0, 0.05) is 11.6 Å². The van der Waals surface area contributed by atoms with E-state index < -0.39 is 5.97 Å². The molecule has 0 radical (unpaired) electrons. The zero-order chi connectivity index (χ0) is 12.3. The molecular weight excluding hydrogens is 206 g/mol. The summed E-state index contributed by atoms with van der Waals surface area (Å²) in [5, 5.41) is 18.7. The predicted octanol–water partition coefficient (Wildman–Crippen LogP) is 2.20. The van der Waals surface area contributed by atoms with E-state index in [2.05, 4.69) is 0 Å². The van der Waals surface area contributed by atoms with Gasteiger partial charge in [-0.3, -0.25) is 0 Å². The molecule has 0 fully saturated rings. The fourth-order valence-corrected chi connectivity index (χ4v) is 1.72. The zero-order valence-electron chi connectivity index (χ0n) is 9.53. The van der Waals surface area contributed by atoms with Gasteiger partial charge in [-0.25, -0.2) is 4.79 Å². The van der Waals surface area contributed by atoms with Gasteiger partial charge in [-0.2, -0.15) is 0 Å². The van der Waals surface area contributed by atoms with Crippen LogP contribution in [-0.2, 0) is 0 Å². The summed E-state index contributed by atoms with van der Waals surface area (Å²) >= 11 is 0. The third kappa shape index (κ3) is 2.52. The van der Waals surface area contributed by atoms with Crippen molar-refractivity contribution in [1.82, 2.24) is 0 Å². The van der Waals surface area contributed by atoms with Crippen molar-refractivity contribution in [1.29, 1.82) is 0 Å². The SMILES string of the molecule is CCC[C@H](N)c1cc(C)cc(C(=O)O)c1O. The van der Waals surface area contributed by atoms with Crippen LogP contribution in [0.5, 0.6) is 5.75 Å². The van der Waals surface area contributed by atoms with E-state index in [-0.39, 0.29) is 17.4 Å². The van der Waals surface area contributed by atoms with Gasteiger partial charge >= 0.3 is 5.97 Å². The van der Waals surface area contributed by atoms with Gasteiger partial charge in [0.1, 0.15) is 11.3 Å². The topological polar surface area (TPSA) is 83.6 Å². The summed E-state index contributed by atoms with van der Waals surface area (Å²) in [5.74, 6) is -1.34. The van der Waals surface area contributed by atoms with Crippen molar-refractivity contribution in [3.8, 4) is 5.75 Å². The second kappa shape index (κ2) is 4.99. The van der Waals surface area contributed by atoms with Crippen molar-refractivity contribution in [2.24, 2.45) is 5.73 Å². The molecule has 0 heterocycles. The average Bonchev–Trinajstić information content (AvgIpc) is 2.20. The summed E-state index contributed by atoms with van der Waals surface area (Å²) in [7, 11) is 0. The number of aromatic carboxylic acids is 1. The van der Waals surface area contributed by atoms with Gasteiger partial charge in [0.05, 0.1) is 0 Å². The minimum Gasteiger partial charge on any atom is -0.507 e. The Labute approximate surface area is 94.7 Å². The molecular formula is C12H17NO3. The molecule has 0 amide bonds. The van der Waals surface area contributed by atoms with E-state index in [0.717, 1.165) is 18.4 Å². The quantitative estimate of drug-likeness (QED) is 0.730. The Bertz CT molecular complexity index is 401. The number of carboxylic acid groups (broad SMARTS) is 1. The molecule has 0 unspecified atom stereocenters. The summed E-state index contributed by atoms with van der Waals surface area (Å²) < 4.78 is 0. The minimum atomic E-state index is -1.13. The third-order valence-electron chi connectivity index (χ3n) is 2.51. The minimum absolute atomic E-state index is 0.0819. The molecule has 1 rings (SSSR count). The molecule has 1 aromatic rings. The standard InChI is InChI=1S/C12H17NO3/c1-3-4-10(13)8-5-7(2)6-9(11(8)14)12(15)16/h5-6,10,14H,3-4,13H2,1-2H3,(H,15,16)/t10-/m0/s1. The average molecular weight is 223 g/mol. The van der Waals surface area contributed by atoms with Crippen LogP contribution >= 0.6 is 0 Å². The van der Waals surface area contributed by atoms with Crippen LogP contribution in [0.1, 0.15) is 47.3 Å². The highest BCUT2D eigenvalue weighted by Gasteiger charge is 2.18. The number of nitrogens with two attached hydrogens (primary N) is 1. The van der Waals surface area contributed by atoms with Crippen molar-refractivity contribution in [3.63, 3.8) is 0 Å². The first-order valence-corrected chi connectivity index (χ1v) is 5.29. The lowest BCUT2D eigenvalue weighted by molar-refractivity contribution is 0.0693. The Hall–Kier alpha value is -1.55. The first-order chi connectivity index (χ1) is 7.47. The van der Waals surface area contributed by atoms with E-state index in [4.69, 9.17) is 10.8 Å². The van der Waals surface area contributed by atoms with Gasteiger partial charge < -0.3 is 15.9 Å². The normalized spacial score (nSPS) is 12.4. The molecule has 0 saturated carbocycles. The lowest BCUT2D eigenvalue weighted by Gasteiger charge is -2.15. The highest BCUT2D eigenvalue weighted by atomic mass is 16.4. The number of rotatable bonds is 4. The number of aromatic hydroxyl groups is 1. The van der Waals surface area contributed by atoms with Gasteiger partial charge in [0.25, 0.3) is 0 Å². The molecule has 0 spiro atoms. The first kappa shape index (κ1) is 12.5. The molecule has 1 aromatic carbocycles. The number of hydrogen-bond donors (Lipinski definition) is 3. The Kier molecular flexibility index (Phi) is 3.90. The fourth-order valence-electron chi connectivity index (χ4n) is 1.72. The number of hydrogen-bond acceptors (Lipinski definition) is 3. The molecule has 4 N–H and O–H groups in total. The van der Waals surface area contributed by atoms with Gasteiger partial charge in [0.15, 0.2) is 0 Å². The predicted molar refractivity (Wildman–Crippen MR) is 61.6 cm³/mol. The van der Waals surface area contributed by atoms with E-state index in [9.17, 15) is 9.90 Å². The highest BCUT2D eigenvalue weighted by molar-refractivity contribution is 5.91. The molecule has 16 heavy (non-hydrogen) atoms. The number of aryl methyl sites for hydroxylation is 1. The summed E-state index contributed by atoms with van der Waals surface area (Å²) in [5.41, 5.74) is 7.11. The summed E-state index contributed by atoms with van der Waals surface area (Å²) in [6, 6.07) is 2.87. The Balaban J connectivity index is 3.23. The van der Waals surface area contributed by atoms with Gasteiger partial charge in [0.2, 0.25) is 0 Å².